The molecule has 0 saturated heterocycles. The van der Waals surface area contributed by atoms with Gasteiger partial charge in [-0.3, -0.25) is 4.99 Å². The van der Waals surface area contributed by atoms with Gasteiger partial charge < -0.3 is 4.52 Å². The van der Waals surface area contributed by atoms with E-state index in [1.165, 1.54) is 18.2 Å². The molecule has 0 bridgehead atoms. The van der Waals surface area contributed by atoms with Crippen LogP contribution < -0.4 is 0 Å². The zero-order valence-corrected chi connectivity index (χ0v) is 14.2. The van der Waals surface area contributed by atoms with E-state index in [4.69, 9.17) is 27.7 Å². The third-order valence-electron chi connectivity index (χ3n) is 3.42. The van der Waals surface area contributed by atoms with E-state index in [2.05, 4.69) is 10.1 Å². The molecule has 0 atom stereocenters. The maximum atomic E-state index is 14.1. The topological polar surface area (TPSA) is 62.2 Å². The van der Waals surface area contributed by atoms with Gasteiger partial charge in [-0.15, -0.1) is 0 Å². The number of benzene rings is 2. The summed E-state index contributed by atoms with van der Waals surface area (Å²) in [6.45, 7) is 0. The lowest BCUT2D eigenvalue weighted by atomic mass is 10.1. The Morgan fingerprint density at radius 3 is 2.64 bits per heavy atom. The van der Waals surface area contributed by atoms with Gasteiger partial charge in [0, 0.05) is 17.7 Å². The highest BCUT2D eigenvalue weighted by Crippen LogP contribution is 2.33. The molecule has 0 aliphatic heterocycles. The fourth-order valence-corrected chi connectivity index (χ4v) is 2.61. The first-order valence-electron chi connectivity index (χ1n) is 7.21. The van der Waals surface area contributed by atoms with Crippen molar-refractivity contribution >= 4 is 35.1 Å². The first-order chi connectivity index (χ1) is 12.1. The Hall–Kier alpha value is -2.68. The summed E-state index contributed by atoms with van der Waals surface area (Å²) in [6.07, 6.45) is 1.81. The smallest absolute Gasteiger partial charge is 0.160 e. The van der Waals surface area contributed by atoms with Crippen LogP contribution in [0.5, 0.6) is 0 Å². The molecule has 0 unspecified atom stereocenters. The van der Waals surface area contributed by atoms with Crippen LogP contribution in [0.15, 0.2) is 52.0 Å². The van der Waals surface area contributed by atoms with E-state index >= 15 is 0 Å². The second-order valence-corrected chi connectivity index (χ2v) is 5.87. The lowest BCUT2D eigenvalue weighted by Crippen LogP contribution is -1.91. The van der Waals surface area contributed by atoms with Crippen molar-refractivity contribution in [2.75, 3.05) is 0 Å². The van der Waals surface area contributed by atoms with Crippen molar-refractivity contribution in [3.63, 3.8) is 0 Å². The molecule has 3 aromatic rings. The van der Waals surface area contributed by atoms with Crippen LogP contribution in [-0.2, 0) is 6.42 Å². The Morgan fingerprint density at radius 1 is 1.20 bits per heavy atom. The average Bonchev–Trinajstić information content (AvgIpc) is 2.99. The van der Waals surface area contributed by atoms with Crippen molar-refractivity contribution in [3.05, 3.63) is 69.7 Å². The molecule has 25 heavy (non-hydrogen) atoms. The highest BCUT2D eigenvalue weighted by atomic mass is 35.5. The first-order valence-corrected chi connectivity index (χ1v) is 7.97. The van der Waals surface area contributed by atoms with E-state index in [1.54, 1.807) is 30.5 Å². The van der Waals surface area contributed by atoms with Crippen molar-refractivity contribution in [2.24, 2.45) is 4.99 Å². The Kier molecular flexibility index (Phi) is 5.13. The summed E-state index contributed by atoms with van der Waals surface area (Å²) in [6, 6.07) is 13.2. The van der Waals surface area contributed by atoms with Crippen LogP contribution in [0.25, 0.3) is 11.3 Å². The van der Waals surface area contributed by atoms with Gasteiger partial charge >= 0.3 is 0 Å². The summed E-state index contributed by atoms with van der Waals surface area (Å²) in [5.74, 6) is -0.284. The summed E-state index contributed by atoms with van der Waals surface area (Å²) in [4.78, 5) is 4.25. The largest absolute Gasteiger partial charge is 0.359 e. The SMILES string of the molecule is N#Cc1c(-c2c(F)cccc2Cl)noc1CC=Nc1ccc(Cl)cc1. The van der Waals surface area contributed by atoms with E-state index in [0.29, 0.717) is 10.7 Å². The molecule has 0 saturated carbocycles. The predicted octanol–water partition coefficient (Wildman–Crippen LogP) is 5.60. The minimum atomic E-state index is -0.571. The number of hydrogen-bond acceptors (Lipinski definition) is 4. The highest BCUT2D eigenvalue weighted by Gasteiger charge is 2.21. The summed E-state index contributed by atoms with van der Waals surface area (Å²) < 4.78 is 19.3. The normalized spacial score (nSPS) is 11.0. The van der Waals surface area contributed by atoms with Crippen LogP contribution in [0.4, 0.5) is 10.1 Å². The van der Waals surface area contributed by atoms with E-state index < -0.39 is 5.82 Å². The van der Waals surface area contributed by atoms with Crippen LogP contribution >= 0.6 is 23.2 Å². The molecule has 124 valence electrons. The van der Waals surface area contributed by atoms with Crippen molar-refractivity contribution in [3.8, 4) is 17.3 Å². The zero-order chi connectivity index (χ0) is 17.8. The van der Waals surface area contributed by atoms with Crippen molar-refractivity contribution in [2.45, 2.75) is 6.42 Å². The molecular weight excluding hydrogens is 364 g/mol. The van der Waals surface area contributed by atoms with Crippen molar-refractivity contribution < 1.29 is 8.91 Å². The molecule has 0 aliphatic rings. The van der Waals surface area contributed by atoms with Crippen LogP contribution in [0, 0.1) is 17.1 Å². The molecule has 0 N–H and O–H groups in total. The first kappa shape index (κ1) is 17.2. The molecule has 0 fully saturated rings. The number of nitrogens with zero attached hydrogens (tertiary/aromatic N) is 3. The highest BCUT2D eigenvalue weighted by molar-refractivity contribution is 6.33. The van der Waals surface area contributed by atoms with E-state index in [1.807, 2.05) is 6.07 Å². The van der Waals surface area contributed by atoms with E-state index in [9.17, 15) is 9.65 Å². The lowest BCUT2D eigenvalue weighted by Gasteiger charge is -2.01. The number of nitriles is 1. The average molecular weight is 374 g/mol. The summed E-state index contributed by atoms with van der Waals surface area (Å²) in [7, 11) is 0. The molecule has 0 spiro atoms. The Labute approximate surface area is 153 Å². The van der Waals surface area contributed by atoms with E-state index in [0.717, 1.165) is 0 Å². The number of rotatable bonds is 4. The van der Waals surface area contributed by atoms with Gasteiger partial charge in [0.15, 0.2) is 5.76 Å². The number of hydrogen-bond donors (Lipinski definition) is 0. The second kappa shape index (κ2) is 7.47. The predicted molar refractivity (Wildman–Crippen MR) is 94.9 cm³/mol. The molecular formula is C18H10Cl2FN3O. The molecule has 0 amide bonds. The van der Waals surface area contributed by atoms with Gasteiger partial charge in [-0.2, -0.15) is 5.26 Å². The van der Waals surface area contributed by atoms with Crippen LogP contribution in [0.3, 0.4) is 0 Å². The van der Waals surface area contributed by atoms with Crippen molar-refractivity contribution in [1.82, 2.24) is 5.16 Å². The van der Waals surface area contributed by atoms with Gasteiger partial charge in [0.2, 0.25) is 0 Å². The Balaban J connectivity index is 1.88. The number of aromatic nitrogens is 1. The minimum absolute atomic E-state index is 0.0466. The quantitative estimate of drug-likeness (QED) is 0.558. The standard InChI is InChI=1S/C18H10Cl2FN3O/c19-11-4-6-12(7-5-11)23-9-8-16-13(10-22)18(24-25-16)17-14(20)2-1-3-15(17)21/h1-7,9H,8H2. The van der Waals surface area contributed by atoms with Crippen LogP contribution in [0.2, 0.25) is 10.0 Å². The monoisotopic (exact) mass is 373 g/mol. The molecule has 1 aromatic heterocycles. The summed E-state index contributed by atoms with van der Waals surface area (Å²) in [5.41, 5.74) is 0.972. The second-order valence-electron chi connectivity index (χ2n) is 5.03. The van der Waals surface area contributed by atoms with Gasteiger partial charge in [-0.25, -0.2) is 4.39 Å². The molecule has 0 radical (unpaired) electrons. The van der Waals surface area contributed by atoms with Gasteiger partial charge in [0.25, 0.3) is 0 Å². The maximum Gasteiger partial charge on any atom is 0.160 e. The summed E-state index contributed by atoms with van der Waals surface area (Å²) in [5, 5.41) is 14.0. The molecule has 3 rings (SSSR count). The third kappa shape index (κ3) is 3.71. The third-order valence-corrected chi connectivity index (χ3v) is 3.98. The van der Waals surface area contributed by atoms with Crippen LogP contribution in [-0.4, -0.2) is 11.4 Å². The fraction of sp³-hybridized carbons (Fsp3) is 0.0556. The van der Waals surface area contributed by atoms with Gasteiger partial charge in [-0.1, -0.05) is 34.4 Å². The number of halogens is 3. The zero-order valence-electron chi connectivity index (χ0n) is 12.7. The Morgan fingerprint density at radius 2 is 1.96 bits per heavy atom. The van der Waals surface area contributed by atoms with Crippen molar-refractivity contribution in [1.29, 1.82) is 5.26 Å². The molecule has 2 aromatic carbocycles. The molecule has 0 aliphatic carbocycles. The molecule has 7 heteroatoms. The lowest BCUT2D eigenvalue weighted by molar-refractivity contribution is 0.394. The maximum absolute atomic E-state index is 14.1. The Bertz CT molecular complexity index is 955. The summed E-state index contributed by atoms with van der Waals surface area (Å²) >= 11 is 11.8. The van der Waals surface area contributed by atoms with Gasteiger partial charge in [0.05, 0.1) is 16.3 Å². The molecule has 1 heterocycles. The minimum Gasteiger partial charge on any atom is -0.359 e. The van der Waals surface area contributed by atoms with E-state index in [-0.39, 0.29) is 34.0 Å². The van der Waals surface area contributed by atoms with Gasteiger partial charge in [0.1, 0.15) is 23.1 Å². The molecule has 4 nitrogen and oxygen atoms in total. The van der Waals surface area contributed by atoms with Gasteiger partial charge in [-0.05, 0) is 36.4 Å². The van der Waals surface area contributed by atoms with Crippen LogP contribution in [0.1, 0.15) is 11.3 Å². The number of aliphatic imine (C=N–C) groups is 1. The fourth-order valence-electron chi connectivity index (χ4n) is 2.23.